The van der Waals surface area contributed by atoms with Crippen LogP contribution in [0.3, 0.4) is 0 Å². The molecule has 0 saturated carbocycles. The fourth-order valence-electron chi connectivity index (χ4n) is 2.52. The van der Waals surface area contributed by atoms with Crippen molar-refractivity contribution in [1.82, 2.24) is 4.57 Å². The average molecular weight is 257 g/mol. The van der Waals surface area contributed by atoms with Crippen molar-refractivity contribution in [3.8, 4) is 5.75 Å². The van der Waals surface area contributed by atoms with Crippen molar-refractivity contribution < 1.29 is 9.84 Å². The van der Waals surface area contributed by atoms with Crippen LogP contribution in [-0.2, 0) is 0 Å². The molecule has 0 saturated heterocycles. The highest BCUT2D eigenvalue weighted by molar-refractivity contribution is 5.38. The quantitative estimate of drug-likeness (QED) is 0.844. The van der Waals surface area contributed by atoms with E-state index in [9.17, 15) is 9.90 Å². The lowest BCUT2D eigenvalue weighted by molar-refractivity contribution is 0.112. The molecule has 19 heavy (non-hydrogen) atoms. The van der Waals surface area contributed by atoms with Gasteiger partial charge in [0.1, 0.15) is 5.75 Å². The van der Waals surface area contributed by atoms with E-state index in [0.717, 1.165) is 11.3 Å². The zero-order valence-electron chi connectivity index (χ0n) is 10.4. The summed E-state index contributed by atoms with van der Waals surface area (Å²) in [4.78, 5) is 12.0. The number of fused-ring (bicyclic) bond motifs is 1. The van der Waals surface area contributed by atoms with E-state index in [-0.39, 0.29) is 5.56 Å². The monoisotopic (exact) mass is 257 g/mol. The van der Waals surface area contributed by atoms with Gasteiger partial charge in [-0.2, -0.15) is 0 Å². The number of nitrogens with zero attached hydrogens (tertiary/aromatic N) is 1. The van der Waals surface area contributed by atoms with Crippen LogP contribution < -0.4 is 10.3 Å². The summed E-state index contributed by atoms with van der Waals surface area (Å²) in [6.07, 6.45) is 1.57. The summed E-state index contributed by atoms with van der Waals surface area (Å²) in [5.74, 6) is 0.736. The second kappa shape index (κ2) is 4.90. The number of aliphatic hydroxyl groups is 1. The maximum absolute atomic E-state index is 12.0. The Labute approximate surface area is 110 Å². The Morgan fingerprint density at radius 3 is 2.79 bits per heavy atom. The zero-order chi connectivity index (χ0) is 13.2. The third-order valence-corrected chi connectivity index (χ3v) is 3.42. The van der Waals surface area contributed by atoms with Crippen LogP contribution in [0.4, 0.5) is 0 Å². The molecule has 2 aromatic rings. The summed E-state index contributed by atoms with van der Waals surface area (Å²) in [5, 5.41) is 10.3. The SMILES string of the molecule is O=c1ccccn1[C@@H]1c2ccccc2OCC[C@H]1O. The maximum Gasteiger partial charge on any atom is 0.251 e. The number of aliphatic hydroxyl groups excluding tert-OH is 1. The molecular weight excluding hydrogens is 242 g/mol. The zero-order valence-corrected chi connectivity index (χ0v) is 10.4. The van der Waals surface area contributed by atoms with Crippen molar-refractivity contribution in [3.05, 3.63) is 64.6 Å². The van der Waals surface area contributed by atoms with Crippen LogP contribution in [0.25, 0.3) is 0 Å². The Morgan fingerprint density at radius 1 is 1.16 bits per heavy atom. The predicted octanol–water partition coefficient (Wildman–Crippen LogP) is 1.58. The molecule has 98 valence electrons. The fraction of sp³-hybridized carbons (Fsp3) is 0.267. The van der Waals surface area contributed by atoms with Crippen LogP contribution in [0.15, 0.2) is 53.5 Å². The van der Waals surface area contributed by atoms with Gasteiger partial charge in [-0.25, -0.2) is 0 Å². The lowest BCUT2D eigenvalue weighted by Crippen LogP contribution is -2.32. The van der Waals surface area contributed by atoms with Crippen molar-refractivity contribution in [2.75, 3.05) is 6.61 Å². The van der Waals surface area contributed by atoms with Crippen molar-refractivity contribution >= 4 is 0 Å². The molecule has 0 aliphatic carbocycles. The summed E-state index contributed by atoms with van der Waals surface area (Å²) < 4.78 is 7.20. The Balaban J connectivity index is 2.18. The first kappa shape index (κ1) is 12.0. The summed E-state index contributed by atoms with van der Waals surface area (Å²) in [6, 6.07) is 12.1. The number of aromatic nitrogens is 1. The smallest absolute Gasteiger partial charge is 0.251 e. The Kier molecular flexibility index (Phi) is 3.09. The second-order valence-electron chi connectivity index (χ2n) is 4.63. The number of hydrogen-bond donors (Lipinski definition) is 1. The molecule has 1 aliphatic heterocycles. The van der Waals surface area contributed by atoms with Crippen LogP contribution >= 0.6 is 0 Å². The van der Waals surface area contributed by atoms with Gasteiger partial charge >= 0.3 is 0 Å². The van der Waals surface area contributed by atoms with Crippen molar-refractivity contribution in [2.45, 2.75) is 18.6 Å². The van der Waals surface area contributed by atoms with E-state index < -0.39 is 12.1 Å². The highest BCUT2D eigenvalue weighted by Crippen LogP contribution is 2.33. The number of ether oxygens (including phenoxy) is 1. The second-order valence-corrected chi connectivity index (χ2v) is 4.63. The molecule has 3 rings (SSSR count). The average Bonchev–Trinajstić information content (AvgIpc) is 2.58. The molecule has 1 aromatic heterocycles. The minimum Gasteiger partial charge on any atom is -0.493 e. The van der Waals surface area contributed by atoms with Gasteiger partial charge in [0.15, 0.2) is 0 Å². The third-order valence-electron chi connectivity index (χ3n) is 3.42. The lowest BCUT2D eigenvalue weighted by atomic mass is 9.99. The highest BCUT2D eigenvalue weighted by atomic mass is 16.5. The van der Waals surface area contributed by atoms with E-state index in [0.29, 0.717) is 13.0 Å². The topological polar surface area (TPSA) is 51.5 Å². The Morgan fingerprint density at radius 2 is 1.95 bits per heavy atom. The molecule has 1 N–H and O–H groups in total. The number of hydrogen-bond acceptors (Lipinski definition) is 3. The molecule has 4 nitrogen and oxygen atoms in total. The summed E-state index contributed by atoms with van der Waals surface area (Å²) in [5.41, 5.74) is 0.726. The minimum atomic E-state index is -0.635. The molecule has 0 radical (unpaired) electrons. The molecule has 2 atom stereocenters. The van der Waals surface area contributed by atoms with E-state index in [4.69, 9.17) is 4.74 Å². The standard InChI is InChI=1S/C15H15NO3/c17-12-8-10-19-13-6-2-1-5-11(13)15(12)16-9-4-3-7-14(16)18/h1-7,9,12,15,17H,8,10H2/t12-,15-/m1/s1. The molecule has 1 aliphatic rings. The molecule has 1 aromatic carbocycles. The molecule has 0 bridgehead atoms. The van der Waals surface area contributed by atoms with Gasteiger partial charge in [0.25, 0.3) is 5.56 Å². The van der Waals surface area contributed by atoms with Gasteiger partial charge in [0, 0.05) is 24.2 Å². The van der Waals surface area contributed by atoms with Crippen LogP contribution in [0, 0.1) is 0 Å². The largest absolute Gasteiger partial charge is 0.493 e. The summed E-state index contributed by atoms with van der Waals surface area (Å²) >= 11 is 0. The van der Waals surface area contributed by atoms with Gasteiger partial charge in [-0.1, -0.05) is 24.3 Å². The number of pyridine rings is 1. The first-order valence-corrected chi connectivity index (χ1v) is 6.34. The van der Waals surface area contributed by atoms with Gasteiger partial charge in [-0.3, -0.25) is 4.79 Å². The lowest BCUT2D eigenvalue weighted by Gasteiger charge is -2.23. The molecule has 0 spiro atoms. The molecular formula is C15H15NO3. The summed E-state index contributed by atoms with van der Waals surface area (Å²) in [6.45, 7) is 0.455. The number of para-hydroxylation sites is 1. The molecule has 0 amide bonds. The van der Waals surface area contributed by atoms with Gasteiger partial charge in [-0.05, 0) is 12.1 Å². The molecule has 4 heteroatoms. The van der Waals surface area contributed by atoms with Crippen molar-refractivity contribution in [2.24, 2.45) is 0 Å². The molecule has 0 unspecified atom stereocenters. The van der Waals surface area contributed by atoms with Crippen LogP contribution in [0.2, 0.25) is 0 Å². The predicted molar refractivity (Wildman–Crippen MR) is 71.4 cm³/mol. The van der Waals surface area contributed by atoms with Crippen molar-refractivity contribution in [1.29, 1.82) is 0 Å². The first-order chi connectivity index (χ1) is 9.27. The van der Waals surface area contributed by atoms with E-state index in [1.165, 1.54) is 6.07 Å². The maximum atomic E-state index is 12.0. The third kappa shape index (κ3) is 2.15. The van der Waals surface area contributed by atoms with E-state index >= 15 is 0 Å². The Hall–Kier alpha value is -2.07. The van der Waals surface area contributed by atoms with E-state index in [2.05, 4.69) is 0 Å². The van der Waals surface area contributed by atoms with E-state index in [1.54, 1.807) is 22.9 Å². The number of benzene rings is 1. The van der Waals surface area contributed by atoms with Gasteiger partial charge < -0.3 is 14.4 Å². The van der Waals surface area contributed by atoms with Gasteiger partial charge in [0.05, 0.1) is 18.8 Å². The summed E-state index contributed by atoms with van der Waals surface area (Å²) in [7, 11) is 0. The van der Waals surface area contributed by atoms with E-state index in [1.807, 2.05) is 24.3 Å². The Bertz CT molecular complexity index is 635. The van der Waals surface area contributed by atoms with Gasteiger partial charge in [0.2, 0.25) is 0 Å². The number of rotatable bonds is 1. The molecule has 0 fully saturated rings. The first-order valence-electron chi connectivity index (χ1n) is 6.34. The van der Waals surface area contributed by atoms with Gasteiger partial charge in [-0.15, -0.1) is 0 Å². The van der Waals surface area contributed by atoms with Crippen LogP contribution in [-0.4, -0.2) is 22.4 Å². The molecule has 2 heterocycles. The van der Waals surface area contributed by atoms with Crippen LogP contribution in [0.5, 0.6) is 5.75 Å². The highest BCUT2D eigenvalue weighted by Gasteiger charge is 2.28. The van der Waals surface area contributed by atoms with Crippen LogP contribution in [0.1, 0.15) is 18.0 Å². The normalized spacial score (nSPS) is 22.2. The minimum absolute atomic E-state index is 0.122. The fourth-order valence-corrected chi connectivity index (χ4v) is 2.52. The van der Waals surface area contributed by atoms with Crippen molar-refractivity contribution in [3.63, 3.8) is 0 Å².